The lowest BCUT2D eigenvalue weighted by atomic mass is 9.44. The van der Waals surface area contributed by atoms with Gasteiger partial charge in [-0.2, -0.15) is 0 Å². The van der Waals surface area contributed by atoms with Crippen molar-refractivity contribution in [3.05, 3.63) is 24.3 Å². The lowest BCUT2D eigenvalue weighted by molar-refractivity contribution is -0.221. The summed E-state index contributed by atoms with van der Waals surface area (Å²) in [6.07, 6.45) is 7.56. The van der Waals surface area contributed by atoms with E-state index >= 15 is 0 Å². The van der Waals surface area contributed by atoms with Gasteiger partial charge in [0, 0.05) is 13.0 Å². The molecule has 0 unspecified atom stereocenters. The maximum absolute atomic E-state index is 11.1. The van der Waals surface area contributed by atoms with E-state index in [4.69, 9.17) is 0 Å². The Morgan fingerprint density at radius 1 is 1.26 bits per heavy atom. The van der Waals surface area contributed by atoms with Gasteiger partial charge < -0.3 is 15.3 Å². The number of fused-ring (bicyclic) bond motifs is 1. The number of hydrogen-bond donors (Lipinski definition) is 3. The Bertz CT molecular complexity index is 481. The Morgan fingerprint density at radius 2 is 1.91 bits per heavy atom. The molecule has 2 rings (SSSR count). The molecule has 23 heavy (non-hydrogen) atoms. The second-order valence-corrected chi connectivity index (χ2v) is 8.72. The molecule has 2 saturated carbocycles. The summed E-state index contributed by atoms with van der Waals surface area (Å²) in [6.45, 7) is 12.1. The minimum Gasteiger partial charge on any atom is -0.396 e. The SMILES string of the molecule is C=C/C(C)=C/C[C@@H]1[C@@]2(C)CCC[C@](C)(CO)[C@H]2[C@H](O)C[C@@]1(C)O. The summed E-state index contributed by atoms with van der Waals surface area (Å²) in [4.78, 5) is 0. The standard InChI is InChI=1S/C20H34O3/c1-6-14(2)8-9-16-19(4)11-7-10-18(3,13-21)17(19)15(22)12-20(16,5)23/h6,8,15-17,21-23H,1,7,9-13H2,2-5H3/b14-8+/t15-,16-,17-,18-,19-,20-/m1/s1. The van der Waals surface area contributed by atoms with Gasteiger partial charge in [0.15, 0.2) is 0 Å². The zero-order chi connectivity index (χ0) is 17.5. The highest BCUT2D eigenvalue weighted by Gasteiger charge is 2.61. The largest absolute Gasteiger partial charge is 0.396 e. The van der Waals surface area contributed by atoms with Gasteiger partial charge in [-0.15, -0.1) is 0 Å². The van der Waals surface area contributed by atoms with Crippen molar-refractivity contribution in [3.8, 4) is 0 Å². The molecule has 0 bridgehead atoms. The monoisotopic (exact) mass is 322 g/mol. The van der Waals surface area contributed by atoms with Crippen LogP contribution in [-0.2, 0) is 0 Å². The summed E-state index contributed by atoms with van der Waals surface area (Å²) in [6, 6.07) is 0. The van der Waals surface area contributed by atoms with Gasteiger partial charge in [0.05, 0.1) is 11.7 Å². The molecule has 0 aliphatic heterocycles. The number of hydrogen-bond acceptors (Lipinski definition) is 3. The van der Waals surface area contributed by atoms with Gasteiger partial charge >= 0.3 is 0 Å². The molecule has 2 fully saturated rings. The second-order valence-electron chi connectivity index (χ2n) is 8.72. The van der Waals surface area contributed by atoms with E-state index in [1.807, 2.05) is 19.9 Å². The van der Waals surface area contributed by atoms with Crippen molar-refractivity contribution in [1.82, 2.24) is 0 Å². The smallest absolute Gasteiger partial charge is 0.0680 e. The van der Waals surface area contributed by atoms with Crippen molar-refractivity contribution in [3.63, 3.8) is 0 Å². The molecule has 0 amide bonds. The first-order valence-electron chi connectivity index (χ1n) is 8.91. The van der Waals surface area contributed by atoms with E-state index in [0.717, 1.165) is 31.3 Å². The summed E-state index contributed by atoms with van der Waals surface area (Å²) in [7, 11) is 0. The fraction of sp³-hybridized carbons (Fsp3) is 0.800. The van der Waals surface area contributed by atoms with Crippen molar-refractivity contribution >= 4 is 0 Å². The quantitative estimate of drug-likeness (QED) is 0.695. The zero-order valence-corrected chi connectivity index (χ0v) is 15.2. The Labute approximate surface area is 141 Å². The lowest BCUT2D eigenvalue weighted by Gasteiger charge is -2.63. The van der Waals surface area contributed by atoms with E-state index in [-0.39, 0.29) is 29.3 Å². The molecule has 0 spiro atoms. The summed E-state index contributed by atoms with van der Waals surface area (Å²) >= 11 is 0. The molecule has 0 aromatic rings. The summed E-state index contributed by atoms with van der Waals surface area (Å²) in [5, 5.41) is 31.9. The first-order valence-corrected chi connectivity index (χ1v) is 8.91. The van der Waals surface area contributed by atoms with E-state index in [1.165, 1.54) is 0 Å². The van der Waals surface area contributed by atoms with E-state index in [0.29, 0.717) is 6.42 Å². The van der Waals surface area contributed by atoms with Crippen molar-refractivity contribution in [2.24, 2.45) is 22.7 Å². The molecular weight excluding hydrogens is 288 g/mol. The molecular formula is C20H34O3. The van der Waals surface area contributed by atoms with Crippen LogP contribution in [-0.4, -0.2) is 33.6 Å². The second kappa shape index (κ2) is 6.34. The molecule has 0 aromatic heterocycles. The van der Waals surface area contributed by atoms with E-state index in [2.05, 4.69) is 26.5 Å². The third-order valence-electron chi connectivity index (χ3n) is 6.84. The van der Waals surface area contributed by atoms with Crippen LogP contribution in [0.15, 0.2) is 24.3 Å². The molecule has 3 heteroatoms. The van der Waals surface area contributed by atoms with Crippen LogP contribution < -0.4 is 0 Å². The minimum atomic E-state index is -0.893. The van der Waals surface area contributed by atoms with Gasteiger partial charge in [-0.1, -0.05) is 44.6 Å². The van der Waals surface area contributed by atoms with Crippen molar-refractivity contribution in [2.75, 3.05) is 6.61 Å². The average Bonchev–Trinajstić information content (AvgIpc) is 2.44. The predicted octanol–water partition coefficient (Wildman–Crippen LogP) is 3.45. The first-order chi connectivity index (χ1) is 10.6. The topological polar surface area (TPSA) is 60.7 Å². The van der Waals surface area contributed by atoms with Crippen LogP contribution in [0.2, 0.25) is 0 Å². The third kappa shape index (κ3) is 3.16. The van der Waals surface area contributed by atoms with E-state index < -0.39 is 11.7 Å². The number of rotatable bonds is 4. The van der Waals surface area contributed by atoms with Crippen LogP contribution in [0.25, 0.3) is 0 Å². The summed E-state index contributed by atoms with van der Waals surface area (Å²) < 4.78 is 0. The number of allylic oxidation sites excluding steroid dienone is 3. The highest BCUT2D eigenvalue weighted by atomic mass is 16.3. The molecule has 0 aromatic carbocycles. The lowest BCUT2D eigenvalue weighted by Crippen LogP contribution is -2.63. The molecule has 2 aliphatic rings. The highest BCUT2D eigenvalue weighted by molar-refractivity contribution is 5.17. The maximum atomic E-state index is 11.1. The Morgan fingerprint density at radius 3 is 2.48 bits per heavy atom. The average molecular weight is 322 g/mol. The number of aliphatic hydroxyl groups excluding tert-OH is 2. The summed E-state index contributed by atoms with van der Waals surface area (Å²) in [5.74, 6) is 0.0980. The Kier molecular flexibility index (Phi) is 5.16. The van der Waals surface area contributed by atoms with Crippen molar-refractivity contribution in [1.29, 1.82) is 0 Å². The molecule has 0 saturated heterocycles. The minimum absolute atomic E-state index is 0.0245. The van der Waals surface area contributed by atoms with Crippen LogP contribution in [0.1, 0.15) is 59.8 Å². The number of aliphatic hydroxyl groups is 3. The van der Waals surface area contributed by atoms with Gasteiger partial charge in [-0.3, -0.25) is 0 Å². The molecule has 3 N–H and O–H groups in total. The van der Waals surface area contributed by atoms with Gasteiger partial charge in [0.1, 0.15) is 0 Å². The van der Waals surface area contributed by atoms with Crippen LogP contribution in [0.4, 0.5) is 0 Å². The van der Waals surface area contributed by atoms with Crippen LogP contribution in [0.3, 0.4) is 0 Å². The first kappa shape index (κ1) is 18.7. The normalized spacial score (nSPS) is 48.0. The van der Waals surface area contributed by atoms with E-state index in [1.54, 1.807) is 0 Å². The Balaban J connectivity index is 2.44. The van der Waals surface area contributed by atoms with Gasteiger partial charge in [0.2, 0.25) is 0 Å². The summed E-state index contributed by atoms with van der Waals surface area (Å²) in [5.41, 5.74) is -0.211. The fourth-order valence-corrected chi connectivity index (χ4v) is 5.76. The molecule has 3 nitrogen and oxygen atoms in total. The molecule has 0 radical (unpaired) electrons. The zero-order valence-electron chi connectivity index (χ0n) is 15.2. The van der Waals surface area contributed by atoms with Crippen molar-refractivity contribution < 1.29 is 15.3 Å². The predicted molar refractivity (Wildman–Crippen MR) is 93.9 cm³/mol. The van der Waals surface area contributed by atoms with Gasteiger partial charge in [-0.25, -0.2) is 0 Å². The van der Waals surface area contributed by atoms with Crippen LogP contribution in [0.5, 0.6) is 0 Å². The molecule has 2 aliphatic carbocycles. The maximum Gasteiger partial charge on any atom is 0.0680 e. The fourth-order valence-electron chi connectivity index (χ4n) is 5.76. The van der Waals surface area contributed by atoms with Crippen LogP contribution >= 0.6 is 0 Å². The van der Waals surface area contributed by atoms with E-state index in [9.17, 15) is 15.3 Å². The highest BCUT2D eigenvalue weighted by Crippen LogP contribution is 2.62. The molecule has 0 heterocycles. The van der Waals surface area contributed by atoms with Crippen molar-refractivity contribution in [2.45, 2.75) is 71.5 Å². The third-order valence-corrected chi connectivity index (χ3v) is 6.84. The van der Waals surface area contributed by atoms with Gasteiger partial charge in [-0.05, 0) is 55.8 Å². The molecule has 6 atom stereocenters. The molecule has 132 valence electrons. The van der Waals surface area contributed by atoms with Crippen LogP contribution in [0, 0.1) is 22.7 Å². The van der Waals surface area contributed by atoms with Gasteiger partial charge in [0.25, 0.3) is 0 Å². The Hall–Kier alpha value is -0.640.